The van der Waals surface area contributed by atoms with Gasteiger partial charge in [-0.05, 0) is 36.8 Å². The van der Waals surface area contributed by atoms with E-state index < -0.39 is 0 Å². The summed E-state index contributed by atoms with van der Waals surface area (Å²) in [5.41, 5.74) is 6.28. The second kappa shape index (κ2) is 6.65. The third kappa shape index (κ3) is 3.54. The van der Waals surface area contributed by atoms with Crippen LogP contribution >= 0.6 is 0 Å². The van der Waals surface area contributed by atoms with E-state index in [0.717, 1.165) is 12.2 Å². The molecule has 1 heterocycles. The number of ether oxygens (including phenoxy) is 3. The zero-order valence-corrected chi connectivity index (χ0v) is 11.6. The number of nitrogens with zero attached hydrogens (tertiary/aromatic N) is 1. The minimum atomic E-state index is 0.326. The van der Waals surface area contributed by atoms with Crippen molar-refractivity contribution < 1.29 is 14.2 Å². The number of nitrogens with two attached hydrogens (primary N) is 1. The van der Waals surface area contributed by atoms with Crippen molar-refractivity contribution in [2.75, 3.05) is 19.5 Å². The molecule has 0 aliphatic heterocycles. The number of anilines is 1. The van der Waals surface area contributed by atoms with Gasteiger partial charge in [0.05, 0.1) is 19.4 Å². The number of pyridine rings is 1. The van der Waals surface area contributed by atoms with E-state index in [1.54, 1.807) is 19.2 Å². The number of rotatable bonds is 6. The van der Waals surface area contributed by atoms with Crippen LogP contribution in [0.5, 0.6) is 23.3 Å². The highest BCUT2D eigenvalue weighted by molar-refractivity contribution is 5.51. The summed E-state index contributed by atoms with van der Waals surface area (Å²) in [6.07, 6.45) is 0.975. The third-order valence-electron chi connectivity index (χ3n) is 2.58. The van der Waals surface area contributed by atoms with Gasteiger partial charge in [-0.3, -0.25) is 0 Å². The Morgan fingerprint density at radius 1 is 1.05 bits per heavy atom. The van der Waals surface area contributed by atoms with Crippen LogP contribution in [-0.4, -0.2) is 18.7 Å². The lowest BCUT2D eigenvalue weighted by atomic mass is 10.3. The first-order valence-electron chi connectivity index (χ1n) is 6.44. The van der Waals surface area contributed by atoms with E-state index in [4.69, 9.17) is 19.9 Å². The van der Waals surface area contributed by atoms with Gasteiger partial charge in [-0.25, -0.2) is 0 Å². The molecule has 2 aromatic rings. The number of hydrogen-bond acceptors (Lipinski definition) is 5. The number of hydrogen-bond donors (Lipinski definition) is 1. The van der Waals surface area contributed by atoms with Gasteiger partial charge in [0.25, 0.3) is 0 Å². The molecule has 0 amide bonds. The second-order valence-electron chi connectivity index (χ2n) is 4.17. The molecule has 5 nitrogen and oxygen atoms in total. The molecule has 0 saturated heterocycles. The number of benzene rings is 1. The summed E-state index contributed by atoms with van der Waals surface area (Å²) >= 11 is 0. The fraction of sp³-hybridized carbons (Fsp3) is 0.267. The zero-order valence-electron chi connectivity index (χ0n) is 11.6. The lowest BCUT2D eigenvalue weighted by Gasteiger charge is -2.09. The normalized spacial score (nSPS) is 10.1. The molecule has 0 aliphatic carbocycles. The van der Waals surface area contributed by atoms with Crippen molar-refractivity contribution in [3.05, 3.63) is 36.4 Å². The highest BCUT2D eigenvalue weighted by atomic mass is 16.5. The average molecular weight is 274 g/mol. The molecule has 0 atom stereocenters. The molecule has 1 aromatic heterocycles. The molecule has 1 aromatic carbocycles. The minimum absolute atomic E-state index is 0.326. The van der Waals surface area contributed by atoms with Gasteiger partial charge in [0.15, 0.2) is 0 Å². The summed E-state index contributed by atoms with van der Waals surface area (Å²) in [6, 6.07) is 10.7. The first-order chi connectivity index (χ1) is 9.72. The Balaban J connectivity index is 2.09. The van der Waals surface area contributed by atoms with E-state index in [9.17, 15) is 0 Å². The number of nitrogen functional groups attached to an aromatic ring is 1. The first kappa shape index (κ1) is 14.0. The van der Waals surface area contributed by atoms with Crippen LogP contribution in [0.1, 0.15) is 13.3 Å². The molecular formula is C15H18N2O3. The van der Waals surface area contributed by atoms with E-state index >= 15 is 0 Å². The predicted molar refractivity (Wildman–Crippen MR) is 77.5 cm³/mol. The maximum atomic E-state index is 5.82. The fourth-order valence-electron chi connectivity index (χ4n) is 1.57. The molecule has 0 saturated carbocycles. The van der Waals surface area contributed by atoms with Crippen molar-refractivity contribution in [3.8, 4) is 23.3 Å². The maximum absolute atomic E-state index is 5.82. The topological polar surface area (TPSA) is 66.6 Å². The van der Waals surface area contributed by atoms with Gasteiger partial charge in [0, 0.05) is 6.07 Å². The molecule has 2 N–H and O–H groups in total. The average Bonchev–Trinajstić information content (AvgIpc) is 2.49. The molecule has 0 bridgehead atoms. The van der Waals surface area contributed by atoms with Crippen molar-refractivity contribution in [2.45, 2.75) is 13.3 Å². The molecule has 0 aliphatic rings. The van der Waals surface area contributed by atoms with Crippen molar-refractivity contribution in [3.63, 3.8) is 0 Å². The Kier molecular flexibility index (Phi) is 4.65. The summed E-state index contributed by atoms with van der Waals surface area (Å²) in [5, 5.41) is 0. The lowest BCUT2D eigenvalue weighted by molar-refractivity contribution is 0.317. The quantitative estimate of drug-likeness (QED) is 0.875. The van der Waals surface area contributed by atoms with E-state index in [1.807, 2.05) is 24.3 Å². The SMILES string of the molecule is CCCOc1ccc(Oc2nc(OC)ccc2N)cc1. The molecule has 2 rings (SSSR count). The van der Waals surface area contributed by atoms with Crippen LogP contribution < -0.4 is 19.9 Å². The van der Waals surface area contributed by atoms with Crippen molar-refractivity contribution in [2.24, 2.45) is 0 Å². The van der Waals surface area contributed by atoms with Crippen molar-refractivity contribution >= 4 is 5.69 Å². The van der Waals surface area contributed by atoms with Crippen LogP contribution in [0.2, 0.25) is 0 Å². The van der Waals surface area contributed by atoms with E-state index in [0.29, 0.717) is 29.8 Å². The highest BCUT2D eigenvalue weighted by Crippen LogP contribution is 2.28. The monoisotopic (exact) mass is 274 g/mol. The molecule has 0 spiro atoms. The van der Waals surface area contributed by atoms with Crippen LogP contribution in [-0.2, 0) is 0 Å². The summed E-state index contributed by atoms with van der Waals surface area (Å²) in [6.45, 7) is 2.76. The highest BCUT2D eigenvalue weighted by Gasteiger charge is 2.06. The Morgan fingerprint density at radius 2 is 1.75 bits per heavy atom. The van der Waals surface area contributed by atoms with E-state index in [-0.39, 0.29) is 0 Å². The smallest absolute Gasteiger partial charge is 0.246 e. The molecule has 0 fully saturated rings. The van der Waals surface area contributed by atoms with Crippen molar-refractivity contribution in [1.82, 2.24) is 4.98 Å². The van der Waals surface area contributed by atoms with Crippen LogP contribution in [0.3, 0.4) is 0 Å². The third-order valence-corrected chi connectivity index (χ3v) is 2.58. The predicted octanol–water partition coefficient (Wildman–Crippen LogP) is 3.25. The van der Waals surface area contributed by atoms with Crippen LogP contribution in [0.15, 0.2) is 36.4 Å². The Bertz CT molecular complexity index is 556. The Labute approximate surface area is 118 Å². The minimum Gasteiger partial charge on any atom is -0.494 e. The summed E-state index contributed by atoms with van der Waals surface area (Å²) in [4.78, 5) is 4.16. The molecule has 106 valence electrons. The Hall–Kier alpha value is -2.43. The summed E-state index contributed by atoms with van der Waals surface area (Å²) in [7, 11) is 1.54. The van der Waals surface area contributed by atoms with Gasteiger partial charge in [0.2, 0.25) is 11.8 Å². The zero-order chi connectivity index (χ0) is 14.4. The van der Waals surface area contributed by atoms with Gasteiger partial charge in [-0.1, -0.05) is 6.92 Å². The Morgan fingerprint density at radius 3 is 2.40 bits per heavy atom. The van der Waals surface area contributed by atoms with Gasteiger partial charge in [-0.2, -0.15) is 4.98 Å². The van der Waals surface area contributed by atoms with E-state index in [1.165, 1.54) is 0 Å². The molecule has 0 radical (unpaired) electrons. The first-order valence-corrected chi connectivity index (χ1v) is 6.44. The summed E-state index contributed by atoms with van der Waals surface area (Å²) in [5.74, 6) is 2.23. The lowest BCUT2D eigenvalue weighted by Crippen LogP contribution is -1.97. The number of methoxy groups -OCH3 is 1. The van der Waals surface area contributed by atoms with Crippen molar-refractivity contribution in [1.29, 1.82) is 0 Å². The van der Waals surface area contributed by atoms with Crippen LogP contribution in [0.4, 0.5) is 5.69 Å². The second-order valence-corrected chi connectivity index (χ2v) is 4.17. The van der Waals surface area contributed by atoms with Crippen LogP contribution in [0, 0.1) is 0 Å². The van der Waals surface area contributed by atoms with Crippen LogP contribution in [0.25, 0.3) is 0 Å². The van der Waals surface area contributed by atoms with Gasteiger partial charge >= 0.3 is 0 Å². The van der Waals surface area contributed by atoms with Gasteiger partial charge in [0.1, 0.15) is 11.5 Å². The fourth-order valence-corrected chi connectivity index (χ4v) is 1.57. The molecule has 0 unspecified atom stereocenters. The van der Waals surface area contributed by atoms with Gasteiger partial charge < -0.3 is 19.9 Å². The standard InChI is InChI=1S/C15H18N2O3/c1-3-10-19-11-4-6-12(7-5-11)20-15-13(16)8-9-14(17-15)18-2/h4-9H,3,10,16H2,1-2H3. The molecule has 20 heavy (non-hydrogen) atoms. The maximum Gasteiger partial charge on any atom is 0.246 e. The van der Waals surface area contributed by atoms with Gasteiger partial charge in [-0.15, -0.1) is 0 Å². The summed E-state index contributed by atoms with van der Waals surface area (Å²) < 4.78 is 16.2. The van der Waals surface area contributed by atoms with E-state index in [2.05, 4.69) is 11.9 Å². The number of aromatic nitrogens is 1. The molecular weight excluding hydrogens is 256 g/mol. The molecule has 5 heteroatoms. The largest absolute Gasteiger partial charge is 0.494 e.